The van der Waals surface area contributed by atoms with Crippen molar-refractivity contribution in [3.63, 3.8) is 0 Å². The van der Waals surface area contributed by atoms with Crippen molar-refractivity contribution < 1.29 is 8.91 Å². The lowest BCUT2D eigenvalue weighted by Crippen LogP contribution is -2.66. The van der Waals surface area contributed by atoms with Crippen molar-refractivity contribution in [2.24, 2.45) is 5.92 Å². The molecule has 1 unspecified atom stereocenters. The maximum Gasteiger partial charge on any atom is 0.190 e. The largest absolute Gasteiger partial charge is 0.362 e. The monoisotopic (exact) mass is 323 g/mol. The normalized spacial score (nSPS) is 29.9. The Kier molecular flexibility index (Phi) is 3.13. The minimum absolute atomic E-state index is 0.00812. The highest BCUT2D eigenvalue weighted by molar-refractivity contribution is 6.35. The third-order valence-corrected chi connectivity index (χ3v) is 5.76. The average molecular weight is 324 g/mol. The zero-order chi connectivity index (χ0) is 15.5. The Labute approximate surface area is 133 Å². The predicted molar refractivity (Wildman–Crippen MR) is 84.8 cm³/mol. The Morgan fingerprint density at radius 2 is 2.09 bits per heavy atom. The first-order valence-corrected chi connectivity index (χ1v) is 8.11. The summed E-state index contributed by atoms with van der Waals surface area (Å²) in [4.78, 5) is 2.53. The number of fused-ring (bicyclic) bond motifs is 4. The summed E-state index contributed by atoms with van der Waals surface area (Å²) >= 11 is 5.96. The minimum atomic E-state index is -0.486. The van der Waals surface area contributed by atoms with Gasteiger partial charge in [0.2, 0.25) is 0 Å². The van der Waals surface area contributed by atoms with E-state index in [0.717, 1.165) is 18.5 Å². The van der Waals surface area contributed by atoms with Crippen LogP contribution in [0.2, 0.25) is 5.02 Å². The molecule has 22 heavy (non-hydrogen) atoms. The second-order valence-corrected chi connectivity index (χ2v) is 7.25. The zero-order valence-corrected chi connectivity index (χ0v) is 13.5. The number of halogens is 2. The fraction of sp³-hybridized carbons (Fsp3) is 0.562. The molecule has 118 valence electrons. The van der Waals surface area contributed by atoms with Crippen molar-refractivity contribution in [3.8, 4) is 0 Å². The molecule has 3 fully saturated rings. The van der Waals surface area contributed by atoms with Gasteiger partial charge in [-0.05, 0) is 57.8 Å². The number of piperidine rings is 3. The Morgan fingerprint density at radius 3 is 2.77 bits per heavy atom. The maximum absolute atomic E-state index is 13.5. The maximum atomic E-state index is 13.5. The zero-order valence-electron chi connectivity index (χ0n) is 12.7. The highest BCUT2D eigenvalue weighted by atomic mass is 35.5. The van der Waals surface area contributed by atoms with Gasteiger partial charge in [0.15, 0.2) is 11.4 Å². The smallest absolute Gasteiger partial charge is 0.190 e. The molecule has 0 aliphatic carbocycles. The van der Waals surface area contributed by atoms with E-state index in [-0.39, 0.29) is 10.6 Å². The SMILES string of the molecule is CC1(C)C(Nc2noc3c(Cl)c(F)ccc23)C2CCN1CC2. The van der Waals surface area contributed by atoms with Gasteiger partial charge in [-0.15, -0.1) is 0 Å². The van der Waals surface area contributed by atoms with Gasteiger partial charge >= 0.3 is 0 Å². The first-order chi connectivity index (χ1) is 10.5. The van der Waals surface area contributed by atoms with Crippen molar-refractivity contribution in [1.29, 1.82) is 0 Å². The standard InChI is InChI=1S/C16H19ClFN3O/c1-16(2)14(9-5-7-21(16)8-6-9)19-15-10-3-4-11(18)12(17)13(10)22-20-15/h3-4,9,14H,5-8H2,1-2H3,(H,19,20). The molecule has 1 aromatic heterocycles. The van der Waals surface area contributed by atoms with Gasteiger partial charge in [-0.25, -0.2) is 4.39 Å². The number of nitrogens with one attached hydrogen (secondary N) is 1. The van der Waals surface area contributed by atoms with Crippen LogP contribution in [0, 0.1) is 11.7 Å². The summed E-state index contributed by atoms with van der Waals surface area (Å²) in [7, 11) is 0. The molecule has 4 nitrogen and oxygen atoms in total. The van der Waals surface area contributed by atoms with Crippen LogP contribution in [-0.4, -0.2) is 34.7 Å². The number of hydrogen-bond donors (Lipinski definition) is 1. The highest BCUT2D eigenvalue weighted by Gasteiger charge is 2.47. The summed E-state index contributed by atoms with van der Waals surface area (Å²) in [6.45, 7) is 6.86. The molecule has 0 spiro atoms. The van der Waals surface area contributed by atoms with Gasteiger partial charge in [0, 0.05) is 11.6 Å². The molecule has 3 aliphatic heterocycles. The van der Waals surface area contributed by atoms with Crippen LogP contribution in [0.3, 0.4) is 0 Å². The lowest BCUT2D eigenvalue weighted by Gasteiger charge is -2.56. The molecule has 3 saturated heterocycles. The molecule has 0 amide bonds. The van der Waals surface area contributed by atoms with Crippen LogP contribution in [0.5, 0.6) is 0 Å². The number of anilines is 1. The molecule has 0 saturated carbocycles. The van der Waals surface area contributed by atoms with Crippen LogP contribution in [-0.2, 0) is 0 Å². The molecule has 2 aromatic rings. The van der Waals surface area contributed by atoms with E-state index < -0.39 is 5.82 Å². The third kappa shape index (κ3) is 1.95. The van der Waals surface area contributed by atoms with Gasteiger partial charge in [-0.1, -0.05) is 16.8 Å². The van der Waals surface area contributed by atoms with E-state index in [2.05, 4.69) is 29.2 Å². The average Bonchev–Trinajstić information content (AvgIpc) is 2.91. The van der Waals surface area contributed by atoms with E-state index in [9.17, 15) is 4.39 Å². The summed E-state index contributed by atoms with van der Waals surface area (Å²) in [5, 5.41) is 8.36. The Balaban J connectivity index is 1.70. The summed E-state index contributed by atoms with van der Waals surface area (Å²) in [6, 6.07) is 3.32. The minimum Gasteiger partial charge on any atom is -0.362 e. The summed E-state index contributed by atoms with van der Waals surface area (Å²) < 4.78 is 18.8. The van der Waals surface area contributed by atoms with Gasteiger partial charge in [-0.3, -0.25) is 4.90 Å². The van der Waals surface area contributed by atoms with Gasteiger partial charge < -0.3 is 9.84 Å². The van der Waals surface area contributed by atoms with Crippen LogP contribution in [0.1, 0.15) is 26.7 Å². The first-order valence-electron chi connectivity index (χ1n) is 7.73. The lowest BCUT2D eigenvalue weighted by atomic mass is 9.72. The number of benzene rings is 1. The molecule has 4 heterocycles. The molecule has 1 N–H and O–H groups in total. The molecule has 1 aromatic carbocycles. The molecule has 6 heteroatoms. The topological polar surface area (TPSA) is 41.3 Å². The second-order valence-electron chi connectivity index (χ2n) is 6.87. The van der Waals surface area contributed by atoms with Crippen molar-refractivity contribution in [2.75, 3.05) is 18.4 Å². The van der Waals surface area contributed by atoms with Crippen LogP contribution >= 0.6 is 11.6 Å². The Morgan fingerprint density at radius 1 is 1.36 bits per heavy atom. The predicted octanol–water partition coefficient (Wildman–Crippen LogP) is 3.91. The molecular formula is C16H19ClFN3O. The Bertz CT molecular complexity index is 721. The van der Waals surface area contributed by atoms with E-state index in [1.165, 1.54) is 18.9 Å². The van der Waals surface area contributed by atoms with Crippen molar-refractivity contribution in [2.45, 2.75) is 38.3 Å². The number of aromatic nitrogens is 1. The van der Waals surface area contributed by atoms with Crippen LogP contribution in [0.4, 0.5) is 10.2 Å². The molecule has 2 bridgehead atoms. The molecular weight excluding hydrogens is 305 g/mol. The fourth-order valence-electron chi connectivity index (χ4n) is 4.08. The van der Waals surface area contributed by atoms with E-state index >= 15 is 0 Å². The van der Waals surface area contributed by atoms with Gasteiger partial charge in [0.05, 0.1) is 5.39 Å². The number of hydrogen-bond acceptors (Lipinski definition) is 4. The van der Waals surface area contributed by atoms with Crippen molar-refractivity contribution >= 4 is 28.4 Å². The van der Waals surface area contributed by atoms with E-state index in [0.29, 0.717) is 23.4 Å². The van der Waals surface area contributed by atoms with Gasteiger partial charge in [0.25, 0.3) is 0 Å². The van der Waals surface area contributed by atoms with E-state index in [1.807, 2.05) is 0 Å². The highest BCUT2D eigenvalue weighted by Crippen LogP contribution is 2.41. The van der Waals surface area contributed by atoms with Crippen molar-refractivity contribution in [3.05, 3.63) is 23.0 Å². The number of rotatable bonds is 2. The van der Waals surface area contributed by atoms with Crippen LogP contribution in [0.25, 0.3) is 11.0 Å². The second kappa shape index (κ2) is 4.83. The summed E-state index contributed by atoms with van der Waals surface area (Å²) in [5.41, 5.74) is 0.374. The first kappa shape index (κ1) is 14.3. The molecule has 3 aliphatic rings. The summed E-state index contributed by atoms with van der Waals surface area (Å²) in [6.07, 6.45) is 2.40. The molecule has 1 atom stereocenters. The molecule has 5 rings (SSSR count). The van der Waals surface area contributed by atoms with Gasteiger partial charge in [0.1, 0.15) is 10.8 Å². The lowest BCUT2D eigenvalue weighted by molar-refractivity contribution is -0.0189. The van der Waals surface area contributed by atoms with E-state index in [4.69, 9.17) is 16.1 Å². The van der Waals surface area contributed by atoms with Gasteiger partial charge in [-0.2, -0.15) is 0 Å². The van der Waals surface area contributed by atoms with Crippen molar-refractivity contribution in [1.82, 2.24) is 10.1 Å². The third-order valence-electron chi connectivity index (χ3n) is 5.41. The Hall–Kier alpha value is -1.33. The van der Waals surface area contributed by atoms with E-state index in [1.54, 1.807) is 6.07 Å². The number of nitrogens with zero attached hydrogens (tertiary/aromatic N) is 2. The molecule has 0 radical (unpaired) electrons. The van der Waals surface area contributed by atoms with Crippen LogP contribution < -0.4 is 5.32 Å². The van der Waals surface area contributed by atoms with Crippen LogP contribution in [0.15, 0.2) is 16.7 Å². The quantitative estimate of drug-likeness (QED) is 0.910. The fourth-order valence-corrected chi connectivity index (χ4v) is 4.28. The summed E-state index contributed by atoms with van der Waals surface area (Å²) in [5.74, 6) is 0.798.